The summed E-state index contributed by atoms with van der Waals surface area (Å²) in [7, 11) is 0. The van der Waals surface area contributed by atoms with Gasteiger partial charge in [-0.3, -0.25) is 4.79 Å². The van der Waals surface area contributed by atoms with Crippen LogP contribution in [0.4, 0.5) is 17.6 Å². The van der Waals surface area contributed by atoms with E-state index in [2.05, 4.69) is 5.10 Å². The molecule has 0 unspecified atom stereocenters. The average molecular weight is 399 g/mol. The van der Waals surface area contributed by atoms with E-state index >= 15 is 0 Å². The van der Waals surface area contributed by atoms with Crippen molar-refractivity contribution in [2.45, 2.75) is 19.3 Å². The van der Waals surface area contributed by atoms with Gasteiger partial charge in [0.1, 0.15) is 24.7 Å². The van der Waals surface area contributed by atoms with Gasteiger partial charge in [-0.25, -0.2) is 9.18 Å². The summed E-state index contributed by atoms with van der Waals surface area (Å²) in [4.78, 5) is 24.7. The summed E-state index contributed by atoms with van der Waals surface area (Å²) in [5, 5.41) is 3.79. The van der Waals surface area contributed by atoms with Crippen LogP contribution >= 0.6 is 0 Å². The zero-order valence-electron chi connectivity index (χ0n) is 14.1. The Balaban J connectivity index is 1.79. The zero-order valence-corrected chi connectivity index (χ0v) is 14.1. The molecule has 0 aliphatic rings. The van der Waals surface area contributed by atoms with E-state index in [0.29, 0.717) is 9.58 Å². The maximum absolute atomic E-state index is 13.0. The second-order valence-electron chi connectivity index (χ2n) is 5.78. The maximum Gasteiger partial charge on any atom is 0.437 e. The summed E-state index contributed by atoms with van der Waals surface area (Å²) < 4.78 is 61.9. The first-order chi connectivity index (χ1) is 13.2. The van der Waals surface area contributed by atoms with Gasteiger partial charge in [0.25, 0.3) is 0 Å². The lowest BCUT2D eigenvalue weighted by Crippen LogP contribution is -2.41. The van der Waals surface area contributed by atoms with Gasteiger partial charge < -0.3 is 13.7 Å². The molecule has 3 rings (SSSR count). The first-order valence-corrected chi connectivity index (χ1v) is 7.92. The van der Waals surface area contributed by atoms with Gasteiger partial charge in [0.05, 0.1) is 12.8 Å². The number of rotatable bonds is 6. The third-order valence-electron chi connectivity index (χ3n) is 3.63. The van der Waals surface area contributed by atoms with Crippen molar-refractivity contribution in [1.29, 1.82) is 0 Å². The van der Waals surface area contributed by atoms with Crippen molar-refractivity contribution in [3.63, 3.8) is 0 Å². The summed E-state index contributed by atoms with van der Waals surface area (Å²) in [6, 6.07) is 7.75. The lowest BCUT2D eigenvalue weighted by molar-refractivity contribution is -0.163. The lowest BCUT2D eigenvalue weighted by Gasteiger charge is -2.22. The first-order valence-electron chi connectivity index (χ1n) is 7.92. The highest BCUT2D eigenvalue weighted by molar-refractivity contribution is 5.76. The Morgan fingerprint density at radius 1 is 1.18 bits per heavy atom. The fourth-order valence-electron chi connectivity index (χ4n) is 2.38. The molecule has 1 amide bonds. The maximum atomic E-state index is 13.0. The Hall–Kier alpha value is -3.37. The molecule has 0 aliphatic heterocycles. The van der Waals surface area contributed by atoms with E-state index in [1.165, 1.54) is 30.5 Å². The summed E-state index contributed by atoms with van der Waals surface area (Å²) in [6.45, 7) is -2.72. The summed E-state index contributed by atoms with van der Waals surface area (Å²) in [5.41, 5.74) is 0.271. The number of furan rings is 1. The minimum absolute atomic E-state index is 0.150. The number of benzene rings is 1. The Morgan fingerprint density at radius 2 is 1.89 bits per heavy atom. The van der Waals surface area contributed by atoms with E-state index in [4.69, 9.17) is 8.83 Å². The van der Waals surface area contributed by atoms with Gasteiger partial charge >= 0.3 is 11.9 Å². The van der Waals surface area contributed by atoms with Crippen LogP contribution in [0.5, 0.6) is 0 Å². The van der Waals surface area contributed by atoms with E-state index in [9.17, 15) is 27.2 Å². The lowest BCUT2D eigenvalue weighted by atomic mass is 10.2. The largest absolute Gasteiger partial charge is 0.467 e. The highest BCUT2D eigenvalue weighted by Gasteiger charge is 2.33. The van der Waals surface area contributed by atoms with Gasteiger partial charge in [0.15, 0.2) is 0 Å². The van der Waals surface area contributed by atoms with Crippen molar-refractivity contribution in [2.24, 2.45) is 0 Å². The van der Waals surface area contributed by atoms with Gasteiger partial charge in [-0.1, -0.05) is 0 Å². The molecule has 0 atom stereocenters. The molecule has 1 aromatic carbocycles. The number of aromatic nitrogens is 2. The molecule has 28 heavy (non-hydrogen) atoms. The van der Waals surface area contributed by atoms with Crippen molar-refractivity contribution in [1.82, 2.24) is 14.7 Å². The molecule has 0 spiro atoms. The van der Waals surface area contributed by atoms with Crippen LogP contribution in [0.25, 0.3) is 11.5 Å². The molecular formula is C17H13F4N3O4. The molecule has 3 aromatic rings. The Morgan fingerprint density at radius 3 is 2.50 bits per heavy atom. The van der Waals surface area contributed by atoms with Crippen molar-refractivity contribution in [3.05, 3.63) is 64.8 Å². The van der Waals surface area contributed by atoms with Gasteiger partial charge in [-0.2, -0.15) is 17.9 Å². The highest BCUT2D eigenvalue weighted by Crippen LogP contribution is 2.19. The molecule has 2 heterocycles. The van der Waals surface area contributed by atoms with E-state index in [0.717, 1.165) is 12.1 Å². The number of amides is 1. The van der Waals surface area contributed by atoms with E-state index in [1.807, 2.05) is 0 Å². The van der Waals surface area contributed by atoms with Crippen LogP contribution in [-0.4, -0.2) is 33.3 Å². The summed E-state index contributed by atoms with van der Waals surface area (Å²) >= 11 is 0. The van der Waals surface area contributed by atoms with E-state index in [-0.39, 0.29) is 17.2 Å². The zero-order chi connectivity index (χ0) is 20.3. The molecule has 11 heteroatoms. The third kappa shape index (κ3) is 4.87. The van der Waals surface area contributed by atoms with Crippen molar-refractivity contribution < 1.29 is 31.2 Å². The molecule has 0 fully saturated rings. The second kappa shape index (κ2) is 7.71. The van der Waals surface area contributed by atoms with Gasteiger partial charge in [-0.15, -0.1) is 5.10 Å². The number of nitrogens with zero attached hydrogens (tertiary/aromatic N) is 3. The molecule has 0 radical (unpaired) electrons. The number of alkyl halides is 3. The van der Waals surface area contributed by atoms with Crippen LogP contribution in [-0.2, 0) is 17.9 Å². The minimum atomic E-state index is -4.64. The molecule has 0 aliphatic carbocycles. The number of hydrogen-bond donors (Lipinski definition) is 0. The van der Waals surface area contributed by atoms with E-state index in [1.54, 1.807) is 0 Å². The molecule has 2 aromatic heterocycles. The highest BCUT2D eigenvalue weighted by atomic mass is 19.4. The Labute approximate surface area is 154 Å². The molecule has 148 valence electrons. The van der Waals surface area contributed by atoms with Crippen molar-refractivity contribution >= 4 is 5.91 Å². The number of hydrogen-bond acceptors (Lipinski definition) is 5. The molecule has 7 nitrogen and oxygen atoms in total. The van der Waals surface area contributed by atoms with E-state index < -0.39 is 43.3 Å². The smallest absolute Gasteiger partial charge is 0.437 e. The third-order valence-corrected chi connectivity index (χ3v) is 3.63. The number of carbonyl (C=O) groups excluding carboxylic acids is 1. The van der Waals surface area contributed by atoms with Gasteiger partial charge in [0.2, 0.25) is 11.8 Å². The number of halogens is 4. The standard InChI is InChI=1S/C17H13F4N3O4/c18-12-5-3-11(4-6-12)15-22-24(16(26)28-15)9-14(25)23(10-17(19,20)21)8-13-2-1-7-27-13/h1-7H,8-10H2. The normalized spacial score (nSPS) is 11.6. The molecule has 0 bridgehead atoms. The predicted octanol–water partition coefficient (Wildman–Crippen LogP) is 2.83. The predicted molar refractivity (Wildman–Crippen MR) is 86.3 cm³/mol. The van der Waals surface area contributed by atoms with Crippen LogP contribution < -0.4 is 5.76 Å². The fraction of sp³-hybridized carbons (Fsp3) is 0.235. The Bertz CT molecular complexity index is 991. The van der Waals surface area contributed by atoms with Gasteiger partial charge in [0, 0.05) is 5.56 Å². The molecule has 0 saturated heterocycles. The van der Waals surface area contributed by atoms with Crippen molar-refractivity contribution in [2.75, 3.05) is 6.54 Å². The fourth-order valence-corrected chi connectivity index (χ4v) is 2.38. The first kappa shape index (κ1) is 19.4. The van der Waals surface area contributed by atoms with Crippen LogP contribution in [0, 0.1) is 5.82 Å². The van der Waals surface area contributed by atoms with Gasteiger partial charge in [-0.05, 0) is 36.4 Å². The monoisotopic (exact) mass is 399 g/mol. The second-order valence-corrected chi connectivity index (χ2v) is 5.78. The minimum Gasteiger partial charge on any atom is -0.467 e. The topological polar surface area (TPSA) is 81.5 Å². The summed E-state index contributed by atoms with van der Waals surface area (Å²) in [6.07, 6.45) is -3.38. The molecular weight excluding hydrogens is 386 g/mol. The van der Waals surface area contributed by atoms with Crippen LogP contribution in [0.1, 0.15) is 5.76 Å². The van der Waals surface area contributed by atoms with Crippen LogP contribution in [0.2, 0.25) is 0 Å². The molecule has 0 N–H and O–H groups in total. The van der Waals surface area contributed by atoms with Crippen molar-refractivity contribution in [3.8, 4) is 11.5 Å². The number of carbonyl (C=O) groups is 1. The van der Waals surface area contributed by atoms with Crippen LogP contribution in [0.15, 0.2) is 56.3 Å². The quantitative estimate of drug-likeness (QED) is 0.596. The summed E-state index contributed by atoms with van der Waals surface area (Å²) in [5.74, 6) is -2.59. The SMILES string of the molecule is O=C(Cn1nc(-c2ccc(F)cc2)oc1=O)N(Cc1ccco1)CC(F)(F)F. The Kier molecular flexibility index (Phi) is 5.34. The van der Waals surface area contributed by atoms with Crippen LogP contribution in [0.3, 0.4) is 0 Å². The average Bonchev–Trinajstić information content (AvgIpc) is 3.24. The molecule has 0 saturated carbocycles.